The fourth-order valence-corrected chi connectivity index (χ4v) is 2.82. The normalized spacial score (nSPS) is 10.5. The average molecular weight is 364 g/mol. The van der Waals surface area contributed by atoms with E-state index in [0.717, 1.165) is 16.8 Å². The summed E-state index contributed by atoms with van der Waals surface area (Å²) in [6, 6.07) is 15.8. The van der Waals surface area contributed by atoms with Crippen molar-refractivity contribution in [3.63, 3.8) is 0 Å². The van der Waals surface area contributed by atoms with Gasteiger partial charge in [-0.25, -0.2) is 4.39 Å². The molecule has 0 aliphatic heterocycles. The van der Waals surface area contributed by atoms with E-state index in [1.54, 1.807) is 30.3 Å². The number of anilines is 2. The lowest BCUT2D eigenvalue weighted by molar-refractivity contribution is 0.102. The molecule has 0 spiro atoms. The SMILES string of the molecule is Cc1cc(C)cc(NC(=O)c2ccc(NCCc3ccccc3F)nn2)c1. The Labute approximate surface area is 157 Å². The van der Waals surface area contributed by atoms with Crippen LogP contribution < -0.4 is 10.6 Å². The maximum Gasteiger partial charge on any atom is 0.276 e. The molecule has 0 bridgehead atoms. The van der Waals surface area contributed by atoms with E-state index >= 15 is 0 Å². The molecule has 0 unspecified atom stereocenters. The molecule has 1 amide bonds. The number of hydrogen-bond donors (Lipinski definition) is 2. The smallest absolute Gasteiger partial charge is 0.276 e. The lowest BCUT2D eigenvalue weighted by Gasteiger charge is -2.08. The Hall–Kier alpha value is -3.28. The minimum absolute atomic E-state index is 0.219. The largest absolute Gasteiger partial charge is 0.368 e. The number of carbonyl (C=O) groups excluding carboxylic acids is 1. The van der Waals surface area contributed by atoms with Gasteiger partial charge in [0.15, 0.2) is 5.69 Å². The summed E-state index contributed by atoms with van der Waals surface area (Å²) in [4.78, 5) is 12.3. The molecule has 0 aliphatic carbocycles. The first kappa shape index (κ1) is 18.5. The molecule has 2 N–H and O–H groups in total. The predicted octanol–water partition coefficient (Wildman–Crippen LogP) is 4.14. The molecular formula is C21H21FN4O. The zero-order valence-electron chi connectivity index (χ0n) is 15.3. The third kappa shape index (κ3) is 5.10. The lowest BCUT2D eigenvalue weighted by atomic mass is 10.1. The van der Waals surface area contributed by atoms with Crippen LogP contribution in [0.15, 0.2) is 54.6 Å². The number of carbonyl (C=O) groups is 1. The van der Waals surface area contributed by atoms with Crippen LogP contribution in [0.2, 0.25) is 0 Å². The van der Waals surface area contributed by atoms with Crippen molar-refractivity contribution in [3.05, 3.63) is 82.8 Å². The number of hydrogen-bond acceptors (Lipinski definition) is 4. The summed E-state index contributed by atoms with van der Waals surface area (Å²) in [5, 5.41) is 13.9. The van der Waals surface area contributed by atoms with Gasteiger partial charge in [-0.1, -0.05) is 24.3 Å². The maximum absolute atomic E-state index is 13.6. The van der Waals surface area contributed by atoms with Crippen molar-refractivity contribution in [2.75, 3.05) is 17.2 Å². The number of amides is 1. The van der Waals surface area contributed by atoms with Crippen molar-refractivity contribution < 1.29 is 9.18 Å². The minimum atomic E-state index is -0.314. The highest BCUT2D eigenvalue weighted by molar-refractivity contribution is 6.02. The number of halogens is 1. The molecular weight excluding hydrogens is 343 g/mol. The fraction of sp³-hybridized carbons (Fsp3) is 0.190. The summed E-state index contributed by atoms with van der Waals surface area (Å²) < 4.78 is 13.6. The first-order valence-corrected chi connectivity index (χ1v) is 8.72. The first-order chi connectivity index (χ1) is 13.0. The van der Waals surface area contributed by atoms with Crippen molar-refractivity contribution in [3.8, 4) is 0 Å². The first-order valence-electron chi connectivity index (χ1n) is 8.72. The van der Waals surface area contributed by atoms with Crippen molar-refractivity contribution in [1.29, 1.82) is 0 Å². The highest BCUT2D eigenvalue weighted by Gasteiger charge is 2.09. The molecule has 0 saturated heterocycles. The number of aryl methyl sites for hydroxylation is 2. The topological polar surface area (TPSA) is 66.9 Å². The third-order valence-corrected chi connectivity index (χ3v) is 4.04. The van der Waals surface area contributed by atoms with Crippen LogP contribution in [0, 0.1) is 19.7 Å². The van der Waals surface area contributed by atoms with E-state index in [9.17, 15) is 9.18 Å². The molecule has 1 aromatic heterocycles. The Balaban J connectivity index is 1.56. The van der Waals surface area contributed by atoms with Crippen molar-refractivity contribution in [2.24, 2.45) is 0 Å². The molecule has 3 aromatic rings. The third-order valence-electron chi connectivity index (χ3n) is 4.04. The molecule has 27 heavy (non-hydrogen) atoms. The minimum Gasteiger partial charge on any atom is -0.368 e. The molecule has 6 heteroatoms. The van der Waals surface area contributed by atoms with Gasteiger partial charge >= 0.3 is 0 Å². The van der Waals surface area contributed by atoms with E-state index in [4.69, 9.17) is 0 Å². The molecule has 0 aliphatic rings. The van der Waals surface area contributed by atoms with E-state index in [-0.39, 0.29) is 17.4 Å². The van der Waals surface area contributed by atoms with Crippen LogP contribution >= 0.6 is 0 Å². The number of aromatic nitrogens is 2. The number of nitrogens with one attached hydrogen (secondary N) is 2. The van der Waals surface area contributed by atoms with Gasteiger partial charge in [-0.3, -0.25) is 4.79 Å². The van der Waals surface area contributed by atoms with Crippen LogP contribution in [0.25, 0.3) is 0 Å². The van der Waals surface area contributed by atoms with Gasteiger partial charge in [0.25, 0.3) is 5.91 Å². The number of benzene rings is 2. The summed E-state index contributed by atoms with van der Waals surface area (Å²) in [6.07, 6.45) is 0.531. The second-order valence-corrected chi connectivity index (χ2v) is 6.40. The van der Waals surface area contributed by atoms with E-state index in [1.165, 1.54) is 6.07 Å². The Kier molecular flexibility index (Phi) is 5.76. The molecule has 0 fully saturated rings. The van der Waals surface area contributed by atoms with Crippen LogP contribution in [0.5, 0.6) is 0 Å². The molecule has 0 radical (unpaired) electrons. The fourth-order valence-electron chi connectivity index (χ4n) is 2.82. The predicted molar refractivity (Wildman–Crippen MR) is 104 cm³/mol. The van der Waals surface area contributed by atoms with Crippen molar-refractivity contribution >= 4 is 17.4 Å². The van der Waals surface area contributed by atoms with Crippen LogP contribution in [-0.4, -0.2) is 22.6 Å². The summed E-state index contributed by atoms with van der Waals surface area (Å²) in [7, 11) is 0. The number of nitrogens with zero attached hydrogens (tertiary/aromatic N) is 2. The monoisotopic (exact) mass is 364 g/mol. The van der Waals surface area contributed by atoms with Gasteiger partial charge in [-0.2, -0.15) is 0 Å². The van der Waals surface area contributed by atoms with Crippen molar-refractivity contribution in [1.82, 2.24) is 10.2 Å². The van der Waals surface area contributed by atoms with Crippen LogP contribution in [0.4, 0.5) is 15.9 Å². The molecule has 3 rings (SSSR count). The molecule has 0 atom stereocenters. The molecule has 138 valence electrons. The lowest BCUT2D eigenvalue weighted by Crippen LogP contribution is -2.15. The van der Waals surface area contributed by atoms with Gasteiger partial charge in [0, 0.05) is 12.2 Å². The maximum atomic E-state index is 13.6. The Morgan fingerprint density at radius 1 is 1.00 bits per heavy atom. The summed E-state index contributed by atoms with van der Waals surface area (Å²) >= 11 is 0. The number of rotatable bonds is 6. The molecule has 0 saturated carbocycles. The second kappa shape index (κ2) is 8.40. The van der Waals surface area contributed by atoms with Gasteiger partial charge < -0.3 is 10.6 Å². The van der Waals surface area contributed by atoms with Crippen LogP contribution in [-0.2, 0) is 6.42 Å². The van der Waals surface area contributed by atoms with Crippen LogP contribution in [0.1, 0.15) is 27.2 Å². The molecule has 1 heterocycles. The van der Waals surface area contributed by atoms with Gasteiger partial charge in [-0.05, 0) is 67.3 Å². The van der Waals surface area contributed by atoms with Gasteiger partial charge in [0.2, 0.25) is 0 Å². The second-order valence-electron chi connectivity index (χ2n) is 6.40. The summed E-state index contributed by atoms with van der Waals surface area (Å²) in [5.41, 5.74) is 3.75. The highest BCUT2D eigenvalue weighted by Crippen LogP contribution is 2.15. The quantitative estimate of drug-likeness (QED) is 0.690. The Bertz CT molecular complexity index is 921. The van der Waals surface area contributed by atoms with Gasteiger partial charge in [-0.15, -0.1) is 10.2 Å². The highest BCUT2D eigenvalue weighted by atomic mass is 19.1. The van der Waals surface area contributed by atoms with Gasteiger partial charge in [0.1, 0.15) is 11.6 Å². The van der Waals surface area contributed by atoms with E-state index < -0.39 is 0 Å². The van der Waals surface area contributed by atoms with Crippen LogP contribution in [0.3, 0.4) is 0 Å². The van der Waals surface area contributed by atoms with Gasteiger partial charge in [0.05, 0.1) is 0 Å². The van der Waals surface area contributed by atoms with E-state index in [1.807, 2.05) is 32.0 Å². The zero-order valence-corrected chi connectivity index (χ0v) is 15.3. The van der Waals surface area contributed by atoms with E-state index in [0.29, 0.717) is 24.3 Å². The van der Waals surface area contributed by atoms with Crippen molar-refractivity contribution in [2.45, 2.75) is 20.3 Å². The zero-order chi connectivity index (χ0) is 19.2. The molecule has 2 aromatic carbocycles. The average Bonchev–Trinajstić information content (AvgIpc) is 2.63. The summed E-state index contributed by atoms with van der Waals surface area (Å²) in [6.45, 7) is 4.47. The van der Waals surface area contributed by atoms with E-state index in [2.05, 4.69) is 20.8 Å². The molecule has 5 nitrogen and oxygen atoms in total. The summed E-state index contributed by atoms with van der Waals surface area (Å²) in [5.74, 6) is 0.00323. The standard InChI is InChI=1S/C21H21FN4O/c1-14-11-15(2)13-17(12-14)24-21(27)19-7-8-20(26-25-19)23-10-9-16-5-3-4-6-18(16)22/h3-8,11-13H,9-10H2,1-2H3,(H,23,26)(H,24,27). The Morgan fingerprint density at radius 2 is 1.74 bits per heavy atom. The Morgan fingerprint density at radius 3 is 2.41 bits per heavy atom.